The SMILES string of the molecule is NNC(CSc1ccccc1Br)C1CC1. The fourth-order valence-corrected chi connectivity index (χ4v) is 3.30. The molecule has 0 heterocycles. The number of hydrogen-bond donors (Lipinski definition) is 2. The van der Waals surface area contributed by atoms with Crippen molar-refractivity contribution in [1.82, 2.24) is 5.43 Å². The summed E-state index contributed by atoms with van der Waals surface area (Å²) in [6.07, 6.45) is 2.65. The minimum Gasteiger partial charge on any atom is -0.271 e. The number of nitrogens with two attached hydrogens (primary N) is 1. The van der Waals surface area contributed by atoms with Crippen molar-refractivity contribution in [3.05, 3.63) is 28.7 Å². The Morgan fingerprint density at radius 2 is 2.20 bits per heavy atom. The number of rotatable bonds is 5. The second-order valence-corrected chi connectivity index (χ2v) is 5.77. The molecule has 15 heavy (non-hydrogen) atoms. The van der Waals surface area contributed by atoms with Crippen LogP contribution in [-0.2, 0) is 0 Å². The second-order valence-electron chi connectivity index (χ2n) is 3.85. The lowest BCUT2D eigenvalue weighted by Gasteiger charge is -2.14. The van der Waals surface area contributed by atoms with Crippen molar-refractivity contribution in [2.24, 2.45) is 11.8 Å². The molecule has 4 heteroatoms. The lowest BCUT2D eigenvalue weighted by molar-refractivity contribution is 0.520. The molecule has 1 aliphatic carbocycles. The average Bonchev–Trinajstić information content (AvgIpc) is 3.06. The van der Waals surface area contributed by atoms with Gasteiger partial charge < -0.3 is 0 Å². The van der Waals surface area contributed by atoms with Crippen molar-refractivity contribution >= 4 is 27.7 Å². The smallest absolute Gasteiger partial charge is 0.0332 e. The Morgan fingerprint density at radius 1 is 1.47 bits per heavy atom. The first-order chi connectivity index (χ1) is 7.31. The largest absolute Gasteiger partial charge is 0.271 e. The fraction of sp³-hybridized carbons (Fsp3) is 0.455. The number of hydrazine groups is 1. The van der Waals surface area contributed by atoms with Crippen LogP contribution in [0, 0.1) is 5.92 Å². The van der Waals surface area contributed by atoms with E-state index in [1.807, 2.05) is 17.8 Å². The first-order valence-electron chi connectivity index (χ1n) is 5.14. The average molecular weight is 287 g/mol. The topological polar surface area (TPSA) is 38.0 Å². The Kier molecular flexibility index (Phi) is 4.08. The highest BCUT2D eigenvalue weighted by Gasteiger charge is 2.30. The van der Waals surface area contributed by atoms with Gasteiger partial charge in [0, 0.05) is 21.2 Å². The lowest BCUT2D eigenvalue weighted by atomic mass is 10.2. The standard InChI is InChI=1S/C11H15BrN2S/c12-9-3-1-2-4-11(9)15-7-10(14-13)8-5-6-8/h1-4,8,10,14H,5-7,13H2. The maximum atomic E-state index is 5.54. The third-order valence-electron chi connectivity index (χ3n) is 2.66. The zero-order chi connectivity index (χ0) is 10.7. The van der Waals surface area contributed by atoms with Crippen molar-refractivity contribution in [3.63, 3.8) is 0 Å². The van der Waals surface area contributed by atoms with Gasteiger partial charge >= 0.3 is 0 Å². The second kappa shape index (κ2) is 5.34. The summed E-state index contributed by atoms with van der Waals surface area (Å²) < 4.78 is 1.17. The highest BCUT2D eigenvalue weighted by atomic mass is 79.9. The van der Waals surface area contributed by atoms with E-state index in [-0.39, 0.29) is 0 Å². The third-order valence-corrected chi connectivity index (χ3v) is 4.81. The van der Waals surface area contributed by atoms with Gasteiger partial charge in [-0.25, -0.2) is 0 Å². The molecule has 0 aliphatic heterocycles. The van der Waals surface area contributed by atoms with Crippen molar-refractivity contribution in [1.29, 1.82) is 0 Å². The Morgan fingerprint density at radius 3 is 2.80 bits per heavy atom. The number of nitrogens with one attached hydrogen (secondary N) is 1. The fourth-order valence-electron chi connectivity index (χ4n) is 1.56. The summed E-state index contributed by atoms with van der Waals surface area (Å²) in [7, 11) is 0. The van der Waals surface area contributed by atoms with Crippen LogP contribution in [0.1, 0.15) is 12.8 Å². The number of benzene rings is 1. The predicted octanol–water partition coefficient (Wildman–Crippen LogP) is 2.78. The molecule has 1 atom stereocenters. The van der Waals surface area contributed by atoms with Crippen LogP contribution in [-0.4, -0.2) is 11.8 Å². The molecule has 1 fully saturated rings. The van der Waals surface area contributed by atoms with E-state index in [0.717, 1.165) is 11.7 Å². The van der Waals surface area contributed by atoms with Crippen LogP contribution in [0.15, 0.2) is 33.6 Å². The van der Waals surface area contributed by atoms with E-state index in [4.69, 9.17) is 5.84 Å². The van der Waals surface area contributed by atoms with Gasteiger partial charge in [-0.05, 0) is 46.8 Å². The van der Waals surface area contributed by atoms with E-state index in [1.54, 1.807) is 0 Å². The predicted molar refractivity (Wildman–Crippen MR) is 68.7 cm³/mol. The quantitative estimate of drug-likeness (QED) is 0.497. The molecule has 0 amide bonds. The van der Waals surface area contributed by atoms with Crippen LogP contribution in [0.5, 0.6) is 0 Å². The van der Waals surface area contributed by atoms with Gasteiger partial charge in [0.2, 0.25) is 0 Å². The van der Waals surface area contributed by atoms with Crippen LogP contribution in [0.2, 0.25) is 0 Å². The number of hydrogen-bond acceptors (Lipinski definition) is 3. The van der Waals surface area contributed by atoms with Gasteiger partial charge in [-0.15, -0.1) is 11.8 Å². The summed E-state index contributed by atoms with van der Waals surface area (Å²) in [5.74, 6) is 7.38. The molecule has 1 unspecified atom stereocenters. The monoisotopic (exact) mass is 286 g/mol. The minimum absolute atomic E-state index is 0.460. The molecule has 2 nitrogen and oxygen atoms in total. The van der Waals surface area contributed by atoms with E-state index < -0.39 is 0 Å². The Labute approximate surface area is 103 Å². The number of thioether (sulfide) groups is 1. The minimum atomic E-state index is 0.460. The van der Waals surface area contributed by atoms with Gasteiger partial charge in [-0.2, -0.15) is 0 Å². The molecule has 0 aromatic heterocycles. The van der Waals surface area contributed by atoms with E-state index >= 15 is 0 Å². The highest BCUT2D eigenvalue weighted by Crippen LogP contribution is 2.36. The molecule has 0 spiro atoms. The van der Waals surface area contributed by atoms with Gasteiger partial charge in [0.1, 0.15) is 0 Å². The Hall–Kier alpha value is -0.0300. The summed E-state index contributed by atoms with van der Waals surface area (Å²) in [5.41, 5.74) is 2.92. The maximum Gasteiger partial charge on any atom is 0.0332 e. The van der Waals surface area contributed by atoms with E-state index in [2.05, 4.69) is 39.6 Å². The van der Waals surface area contributed by atoms with Crippen molar-refractivity contribution < 1.29 is 0 Å². The molecule has 0 saturated heterocycles. The molecular weight excluding hydrogens is 272 g/mol. The summed E-state index contributed by atoms with van der Waals surface area (Å²) in [6.45, 7) is 0. The molecule has 1 aliphatic rings. The highest BCUT2D eigenvalue weighted by molar-refractivity contribution is 9.10. The van der Waals surface area contributed by atoms with Crippen LogP contribution >= 0.6 is 27.7 Å². The van der Waals surface area contributed by atoms with Gasteiger partial charge in [-0.3, -0.25) is 11.3 Å². The molecule has 0 bridgehead atoms. The molecule has 1 aromatic rings. The lowest BCUT2D eigenvalue weighted by Crippen LogP contribution is -2.38. The molecule has 1 saturated carbocycles. The third kappa shape index (κ3) is 3.21. The van der Waals surface area contributed by atoms with Gasteiger partial charge in [0.15, 0.2) is 0 Å². The molecule has 0 radical (unpaired) electrons. The van der Waals surface area contributed by atoms with Crippen LogP contribution in [0.25, 0.3) is 0 Å². The molecule has 2 rings (SSSR count). The first-order valence-corrected chi connectivity index (χ1v) is 6.92. The van der Waals surface area contributed by atoms with Gasteiger partial charge in [0.25, 0.3) is 0 Å². The van der Waals surface area contributed by atoms with E-state index in [9.17, 15) is 0 Å². The van der Waals surface area contributed by atoms with E-state index in [0.29, 0.717) is 6.04 Å². The molecule has 1 aromatic carbocycles. The van der Waals surface area contributed by atoms with Gasteiger partial charge in [0.05, 0.1) is 0 Å². The summed E-state index contributed by atoms with van der Waals surface area (Å²) in [4.78, 5) is 1.29. The zero-order valence-corrected chi connectivity index (χ0v) is 10.9. The normalized spacial score (nSPS) is 17.7. The van der Waals surface area contributed by atoms with E-state index in [1.165, 1.54) is 22.2 Å². The molecular formula is C11H15BrN2S. The number of halogens is 1. The first kappa shape index (κ1) is 11.5. The molecule has 82 valence electrons. The van der Waals surface area contributed by atoms with Crippen LogP contribution in [0.4, 0.5) is 0 Å². The Balaban J connectivity index is 1.89. The zero-order valence-electron chi connectivity index (χ0n) is 8.45. The van der Waals surface area contributed by atoms with Crippen LogP contribution in [0.3, 0.4) is 0 Å². The van der Waals surface area contributed by atoms with Crippen LogP contribution < -0.4 is 11.3 Å². The van der Waals surface area contributed by atoms with Gasteiger partial charge in [-0.1, -0.05) is 12.1 Å². The van der Waals surface area contributed by atoms with Crippen molar-refractivity contribution in [3.8, 4) is 0 Å². The van der Waals surface area contributed by atoms with Crippen molar-refractivity contribution in [2.45, 2.75) is 23.8 Å². The Bertz CT molecular complexity index is 328. The molecule has 3 N–H and O–H groups in total. The summed E-state index contributed by atoms with van der Waals surface area (Å²) in [6, 6.07) is 8.77. The summed E-state index contributed by atoms with van der Waals surface area (Å²) >= 11 is 5.41. The van der Waals surface area contributed by atoms with Crippen molar-refractivity contribution in [2.75, 3.05) is 5.75 Å². The maximum absolute atomic E-state index is 5.54. The summed E-state index contributed by atoms with van der Waals surface area (Å²) in [5, 5.41) is 0.